The van der Waals surface area contributed by atoms with Gasteiger partial charge in [-0.25, -0.2) is 13.2 Å². The monoisotopic (exact) mass is 472 g/mol. The molecule has 1 aliphatic carbocycles. The Kier molecular flexibility index (Phi) is 7.23. The second-order valence-electron chi connectivity index (χ2n) is 6.25. The van der Waals surface area contributed by atoms with E-state index in [9.17, 15) is 22.8 Å². The summed E-state index contributed by atoms with van der Waals surface area (Å²) in [5.41, 5.74) is 1.26. The van der Waals surface area contributed by atoms with Gasteiger partial charge in [0.25, 0.3) is 15.9 Å². The smallest absolute Gasteiger partial charge is 0.341 e. The van der Waals surface area contributed by atoms with Crippen molar-refractivity contribution in [3.8, 4) is 0 Å². The third kappa shape index (κ3) is 5.25. The molecule has 9 nitrogen and oxygen atoms in total. The van der Waals surface area contributed by atoms with E-state index < -0.39 is 41.0 Å². The molecule has 0 fully saturated rings. The van der Waals surface area contributed by atoms with E-state index in [0.717, 1.165) is 41.0 Å². The lowest BCUT2D eigenvalue weighted by atomic mass is 10.1. The summed E-state index contributed by atoms with van der Waals surface area (Å²) in [6, 6.07) is 2.98. The first-order valence-electron chi connectivity index (χ1n) is 9.12. The number of carbonyl (C=O) groups is 3. The summed E-state index contributed by atoms with van der Waals surface area (Å²) in [5.74, 6) is -2.02. The first-order chi connectivity index (χ1) is 14.3. The molecule has 2 heterocycles. The summed E-state index contributed by atoms with van der Waals surface area (Å²) in [5, 5.41) is 4.57. The van der Waals surface area contributed by atoms with Crippen molar-refractivity contribution in [3.63, 3.8) is 0 Å². The molecule has 0 radical (unpaired) electrons. The van der Waals surface area contributed by atoms with E-state index in [4.69, 9.17) is 9.47 Å². The number of hydrogen-bond acceptors (Lipinski definition) is 9. The van der Waals surface area contributed by atoms with E-state index in [2.05, 4.69) is 10.0 Å². The van der Waals surface area contributed by atoms with E-state index in [1.165, 1.54) is 17.4 Å². The molecule has 0 bridgehead atoms. The van der Waals surface area contributed by atoms with Crippen molar-refractivity contribution in [1.82, 2.24) is 4.72 Å². The maximum absolute atomic E-state index is 12.3. The van der Waals surface area contributed by atoms with Gasteiger partial charge in [0.15, 0.2) is 6.61 Å². The molecule has 0 aliphatic heterocycles. The zero-order valence-electron chi connectivity index (χ0n) is 16.1. The lowest BCUT2D eigenvalue weighted by Gasteiger charge is -2.09. The van der Waals surface area contributed by atoms with Gasteiger partial charge in [-0.1, -0.05) is 6.07 Å². The van der Waals surface area contributed by atoms with Gasteiger partial charge in [-0.15, -0.1) is 22.7 Å². The molecule has 12 heteroatoms. The summed E-state index contributed by atoms with van der Waals surface area (Å²) < 4.78 is 36.1. The molecule has 1 amide bonds. The summed E-state index contributed by atoms with van der Waals surface area (Å²) >= 11 is 2.33. The Balaban J connectivity index is 1.54. The van der Waals surface area contributed by atoms with Crippen molar-refractivity contribution in [1.29, 1.82) is 0 Å². The number of hydrogen-bond donors (Lipinski definition) is 2. The van der Waals surface area contributed by atoms with Crippen LogP contribution in [0.25, 0.3) is 0 Å². The second-order valence-corrected chi connectivity index (χ2v) is 10.3. The largest absolute Gasteiger partial charge is 0.462 e. The molecular weight excluding hydrogens is 452 g/mol. The van der Waals surface area contributed by atoms with E-state index in [-0.39, 0.29) is 10.8 Å². The topological polar surface area (TPSA) is 128 Å². The maximum atomic E-state index is 12.3. The van der Waals surface area contributed by atoms with Gasteiger partial charge in [-0.05, 0) is 43.2 Å². The highest BCUT2D eigenvalue weighted by Gasteiger charge is 2.28. The van der Waals surface area contributed by atoms with Crippen LogP contribution in [0.4, 0.5) is 5.00 Å². The number of rotatable bonds is 9. The molecule has 1 aliphatic rings. The van der Waals surface area contributed by atoms with Crippen LogP contribution in [-0.2, 0) is 41.9 Å². The zero-order chi connectivity index (χ0) is 21.7. The molecule has 0 aromatic carbocycles. The highest BCUT2D eigenvalue weighted by atomic mass is 32.2. The Morgan fingerprint density at radius 3 is 2.70 bits per heavy atom. The van der Waals surface area contributed by atoms with Gasteiger partial charge in [0, 0.05) is 4.88 Å². The van der Waals surface area contributed by atoms with Crippen LogP contribution in [0, 0.1) is 0 Å². The number of thiophene rings is 2. The number of esters is 2. The molecule has 2 aromatic heterocycles. The van der Waals surface area contributed by atoms with Crippen molar-refractivity contribution in [2.75, 3.05) is 25.1 Å². The fourth-order valence-electron chi connectivity index (χ4n) is 2.91. The van der Waals surface area contributed by atoms with Crippen LogP contribution in [0.1, 0.15) is 34.1 Å². The summed E-state index contributed by atoms with van der Waals surface area (Å²) in [7, 11) is -3.80. The van der Waals surface area contributed by atoms with Gasteiger partial charge >= 0.3 is 11.9 Å². The zero-order valence-corrected chi connectivity index (χ0v) is 18.5. The highest BCUT2D eigenvalue weighted by molar-refractivity contribution is 7.91. The number of nitrogens with one attached hydrogen (secondary N) is 2. The normalized spacial score (nSPS) is 13.0. The molecule has 2 N–H and O–H groups in total. The number of sulfonamides is 1. The quantitative estimate of drug-likeness (QED) is 0.534. The number of aryl methyl sites for hydroxylation is 1. The molecular formula is C18H20N2O7S3. The predicted octanol–water partition coefficient (Wildman–Crippen LogP) is 1.94. The molecule has 30 heavy (non-hydrogen) atoms. The van der Waals surface area contributed by atoms with Crippen LogP contribution in [0.2, 0.25) is 0 Å². The van der Waals surface area contributed by atoms with Crippen LogP contribution in [0.3, 0.4) is 0 Å². The van der Waals surface area contributed by atoms with Crippen molar-refractivity contribution in [3.05, 3.63) is 33.5 Å². The minimum Gasteiger partial charge on any atom is -0.462 e. The number of anilines is 1. The average Bonchev–Trinajstić information content (AvgIpc) is 3.42. The third-order valence-corrected chi connectivity index (χ3v) is 8.19. The van der Waals surface area contributed by atoms with Gasteiger partial charge < -0.3 is 14.8 Å². The number of ether oxygens (including phenoxy) is 2. The molecule has 0 saturated carbocycles. The standard InChI is InChI=1S/C18H20N2O7S3/c1-2-26-18(23)16-11-5-3-6-12(11)29-17(16)20-13(21)10-27-14(22)9-19-30(24,25)15-7-4-8-28-15/h4,7-8,19H,2-3,5-6,9-10H2,1H3,(H,20,21). The molecule has 0 spiro atoms. The van der Waals surface area contributed by atoms with E-state index in [1.807, 2.05) is 0 Å². The second kappa shape index (κ2) is 9.69. The van der Waals surface area contributed by atoms with Crippen LogP contribution in [0.5, 0.6) is 0 Å². The van der Waals surface area contributed by atoms with Crippen molar-refractivity contribution >= 4 is 55.5 Å². The van der Waals surface area contributed by atoms with Crippen LogP contribution in [-0.4, -0.2) is 46.0 Å². The van der Waals surface area contributed by atoms with E-state index in [0.29, 0.717) is 10.6 Å². The fraction of sp³-hybridized carbons (Fsp3) is 0.389. The van der Waals surface area contributed by atoms with Crippen molar-refractivity contribution < 1.29 is 32.3 Å². The van der Waals surface area contributed by atoms with Crippen LogP contribution >= 0.6 is 22.7 Å². The van der Waals surface area contributed by atoms with Gasteiger partial charge in [0.2, 0.25) is 0 Å². The Morgan fingerprint density at radius 1 is 1.20 bits per heavy atom. The number of amides is 1. The van der Waals surface area contributed by atoms with Gasteiger partial charge in [-0.3, -0.25) is 9.59 Å². The minimum atomic E-state index is -3.80. The first kappa shape index (κ1) is 22.4. The minimum absolute atomic E-state index is 0.0743. The molecule has 0 unspecified atom stereocenters. The summed E-state index contributed by atoms with van der Waals surface area (Å²) in [6.07, 6.45) is 2.53. The molecule has 162 valence electrons. The summed E-state index contributed by atoms with van der Waals surface area (Å²) in [6.45, 7) is 0.712. The average molecular weight is 473 g/mol. The third-order valence-electron chi connectivity index (χ3n) is 4.18. The Morgan fingerprint density at radius 2 is 2.00 bits per heavy atom. The Labute approximate surface area is 181 Å². The maximum Gasteiger partial charge on any atom is 0.341 e. The van der Waals surface area contributed by atoms with Crippen molar-refractivity contribution in [2.24, 2.45) is 0 Å². The first-order valence-corrected chi connectivity index (χ1v) is 12.3. The van der Waals surface area contributed by atoms with Gasteiger partial charge in [-0.2, -0.15) is 4.72 Å². The number of fused-ring (bicyclic) bond motifs is 1. The highest BCUT2D eigenvalue weighted by Crippen LogP contribution is 2.39. The van der Waals surface area contributed by atoms with Crippen LogP contribution < -0.4 is 10.0 Å². The lowest BCUT2D eigenvalue weighted by Crippen LogP contribution is -2.32. The fourth-order valence-corrected chi connectivity index (χ4v) is 6.21. The Hall–Kier alpha value is -2.28. The van der Waals surface area contributed by atoms with Gasteiger partial charge in [0.1, 0.15) is 15.8 Å². The molecule has 3 rings (SSSR count). The SMILES string of the molecule is CCOC(=O)c1c(NC(=O)COC(=O)CNS(=O)(=O)c2cccs2)sc2c1CCC2. The summed E-state index contributed by atoms with van der Waals surface area (Å²) in [4.78, 5) is 37.3. The van der Waals surface area contributed by atoms with Crippen molar-refractivity contribution in [2.45, 2.75) is 30.4 Å². The van der Waals surface area contributed by atoms with E-state index >= 15 is 0 Å². The van der Waals surface area contributed by atoms with Gasteiger partial charge in [0.05, 0.1) is 12.2 Å². The Bertz CT molecular complexity index is 1040. The van der Waals surface area contributed by atoms with E-state index in [1.54, 1.807) is 18.4 Å². The van der Waals surface area contributed by atoms with Crippen LogP contribution in [0.15, 0.2) is 21.7 Å². The molecule has 2 aromatic rings. The number of carbonyl (C=O) groups excluding carboxylic acids is 3. The molecule has 0 saturated heterocycles. The molecule has 0 atom stereocenters. The lowest BCUT2D eigenvalue weighted by molar-refractivity contribution is -0.146. The predicted molar refractivity (Wildman–Crippen MR) is 111 cm³/mol.